The predicted molar refractivity (Wildman–Crippen MR) is 79.2 cm³/mol. The molecule has 0 aliphatic rings. The van der Waals surface area contributed by atoms with E-state index in [1.165, 1.54) is 0 Å². The van der Waals surface area contributed by atoms with Gasteiger partial charge in [0.05, 0.1) is 7.11 Å². The summed E-state index contributed by atoms with van der Waals surface area (Å²) in [6, 6.07) is 14.8. The Bertz CT molecular complexity index is 574. The topological polar surface area (TPSA) is 55.5 Å². The molecule has 0 aliphatic carbocycles. The average Bonchev–Trinajstić information content (AvgIpc) is 2.46. The van der Waals surface area contributed by atoms with Crippen LogP contribution < -0.4 is 10.5 Å². The third-order valence-corrected chi connectivity index (χ3v) is 3.64. The number of ether oxygens (including phenoxy) is 1. The predicted octanol–water partition coefficient (Wildman–Crippen LogP) is 2.65. The van der Waals surface area contributed by atoms with E-state index < -0.39 is 5.60 Å². The van der Waals surface area contributed by atoms with Crippen LogP contribution in [0.2, 0.25) is 0 Å². The van der Waals surface area contributed by atoms with Gasteiger partial charge in [-0.1, -0.05) is 40.2 Å². The fraction of sp³-hybridized carbons (Fsp3) is 0.200. The first-order valence-corrected chi connectivity index (χ1v) is 6.72. The molecule has 0 aromatic heterocycles. The average molecular weight is 322 g/mol. The molecular weight excluding hydrogens is 306 g/mol. The number of hydrogen-bond donors (Lipinski definition) is 2. The molecule has 0 aliphatic heterocycles. The summed E-state index contributed by atoms with van der Waals surface area (Å²) in [6.45, 7) is 0.0939. The van der Waals surface area contributed by atoms with Gasteiger partial charge in [-0.3, -0.25) is 0 Å². The molecule has 4 heteroatoms. The van der Waals surface area contributed by atoms with E-state index in [-0.39, 0.29) is 6.54 Å². The van der Waals surface area contributed by atoms with E-state index in [0.29, 0.717) is 11.3 Å². The molecule has 3 nitrogen and oxygen atoms in total. The second-order valence-corrected chi connectivity index (χ2v) is 5.22. The first kappa shape index (κ1) is 14.1. The molecule has 100 valence electrons. The maximum atomic E-state index is 10.9. The van der Waals surface area contributed by atoms with Crippen molar-refractivity contribution in [1.29, 1.82) is 0 Å². The molecule has 2 aromatic carbocycles. The van der Waals surface area contributed by atoms with E-state index in [0.717, 1.165) is 10.0 Å². The van der Waals surface area contributed by atoms with E-state index in [2.05, 4.69) is 15.9 Å². The zero-order chi connectivity index (χ0) is 13.9. The van der Waals surface area contributed by atoms with Gasteiger partial charge in [0.1, 0.15) is 11.4 Å². The lowest BCUT2D eigenvalue weighted by Gasteiger charge is -2.28. The zero-order valence-electron chi connectivity index (χ0n) is 10.6. The largest absolute Gasteiger partial charge is 0.497 e. The van der Waals surface area contributed by atoms with Crippen LogP contribution in [0.4, 0.5) is 0 Å². The number of aliphatic hydroxyl groups is 1. The molecule has 0 spiro atoms. The van der Waals surface area contributed by atoms with E-state index in [1.807, 2.05) is 42.5 Å². The van der Waals surface area contributed by atoms with Gasteiger partial charge < -0.3 is 15.6 Å². The SMILES string of the molecule is COc1cccc(C(O)(CN)c2cccc(Br)c2)c1. The molecule has 2 aromatic rings. The van der Waals surface area contributed by atoms with Crippen molar-refractivity contribution in [1.82, 2.24) is 0 Å². The lowest BCUT2D eigenvalue weighted by Crippen LogP contribution is -2.36. The Morgan fingerprint density at radius 3 is 2.37 bits per heavy atom. The number of rotatable bonds is 4. The van der Waals surface area contributed by atoms with Crippen molar-refractivity contribution in [2.75, 3.05) is 13.7 Å². The van der Waals surface area contributed by atoms with Gasteiger partial charge >= 0.3 is 0 Å². The monoisotopic (exact) mass is 321 g/mol. The molecule has 0 saturated carbocycles. The lowest BCUT2D eigenvalue weighted by atomic mass is 9.86. The zero-order valence-corrected chi connectivity index (χ0v) is 12.2. The molecule has 0 heterocycles. The Morgan fingerprint density at radius 1 is 1.16 bits per heavy atom. The first-order valence-electron chi connectivity index (χ1n) is 5.93. The van der Waals surface area contributed by atoms with Crippen molar-refractivity contribution in [3.63, 3.8) is 0 Å². The van der Waals surface area contributed by atoms with Gasteiger partial charge in [-0.25, -0.2) is 0 Å². The van der Waals surface area contributed by atoms with Crippen LogP contribution in [0.5, 0.6) is 5.75 Å². The van der Waals surface area contributed by atoms with Crippen molar-refractivity contribution in [3.8, 4) is 5.75 Å². The summed E-state index contributed by atoms with van der Waals surface area (Å²) in [5, 5.41) is 10.9. The molecule has 1 atom stereocenters. The minimum absolute atomic E-state index is 0.0939. The highest BCUT2D eigenvalue weighted by Crippen LogP contribution is 2.32. The van der Waals surface area contributed by atoms with Gasteiger partial charge in [0.25, 0.3) is 0 Å². The molecule has 3 N–H and O–H groups in total. The minimum Gasteiger partial charge on any atom is -0.497 e. The van der Waals surface area contributed by atoms with Crippen LogP contribution in [0.3, 0.4) is 0 Å². The van der Waals surface area contributed by atoms with Crippen LogP contribution in [-0.4, -0.2) is 18.8 Å². The van der Waals surface area contributed by atoms with Crippen molar-refractivity contribution in [2.24, 2.45) is 5.73 Å². The molecule has 0 fully saturated rings. The lowest BCUT2D eigenvalue weighted by molar-refractivity contribution is 0.0899. The third-order valence-electron chi connectivity index (χ3n) is 3.14. The normalized spacial score (nSPS) is 13.9. The standard InChI is InChI=1S/C15H16BrNO2/c1-19-14-7-3-5-12(9-14)15(18,10-17)11-4-2-6-13(16)8-11/h2-9,18H,10,17H2,1H3. The number of halogens is 1. The highest BCUT2D eigenvalue weighted by Gasteiger charge is 2.30. The summed E-state index contributed by atoms with van der Waals surface area (Å²) in [6.07, 6.45) is 0. The smallest absolute Gasteiger partial charge is 0.127 e. The van der Waals surface area contributed by atoms with Gasteiger partial charge in [0.2, 0.25) is 0 Å². The summed E-state index contributed by atoms with van der Waals surface area (Å²) in [7, 11) is 1.60. The maximum absolute atomic E-state index is 10.9. The van der Waals surface area contributed by atoms with Gasteiger partial charge in [-0.15, -0.1) is 0 Å². The number of benzene rings is 2. The van der Waals surface area contributed by atoms with Crippen LogP contribution in [0.1, 0.15) is 11.1 Å². The summed E-state index contributed by atoms with van der Waals surface area (Å²) in [5.74, 6) is 0.694. The van der Waals surface area contributed by atoms with Crippen LogP contribution in [0, 0.1) is 0 Å². The quantitative estimate of drug-likeness (QED) is 0.910. The fourth-order valence-corrected chi connectivity index (χ4v) is 2.43. The number of hydrogen-bond acceptors (Lipinski definition) is 3. The van der Waals surface area contributed by atoms with Crippen molar-refractivity contribution >= 4 is 15.9 Å². The number of nitrogens with two attached hydrogens (primary N) is 1. The van der Waals surface area contributed by atoms with E-state index in [9.17, 15) is 5.11 Å². The van der Waals surface area contributed by atoms with Crippen molar-refractivity contribution < 1.29 is 9.84 Å². The highest BCUT2D eigenvalue weighted by atomic mass is 79.9. The molecule has 19 heavy (non-hydrogen) atoms. The van der Waals surface area contributed by atoms with E-state index in [4.69, 9.17) is 10.5 Å². The molecule has 2 rings (SSSR count). The Labute approximate surface area is 121 Å². The van der Waals surface area contributed by atoms with Gasteiger partial charge in [-0.05, 0) is 35.4 Å². The van der Waals surface area contributed by atoms with Crippen LogP contribution in [0.25, 0.3) is 0 Å². The molecule has 1 unspecified atom stereocenters. The van der Waals surface area contributed by atoms with Crippen molar-refractivity contribution in [2.45, 2.75) is 5.60 Å². The second-order valence-electron chi connectivity index (χ2n) is 4.31. The second kappa shape index (κ2) is 5.74. The molecule has 0 bridgehead atoms. The number of methoxy groups -OCH3 is 1. The Hall–Kier alpha value is -1.36. The summed E-state index contributed by atoms with van der Waals surface area (Å²) >= 11 is 3.41. The molecule has 0 radical (unpaired) electrons. The van der Waals surface area contributed by atoms with Gasteiger partial charge in [0.15, 0.2) is 0 Å². The molecule has 0 amide bonds. The van der Waals surface area contributed by atoms with Crippen molar-refractivity contribution in [3.05, 3.63) is 64.1 Å². The molecular formula is C15H16BrNO2. The fourth-order valence-electron chi connectivity index (χ4n) is 2.03. The van der Waals surface area contributed by atoms with Crippen LogP contribution in [-0.2, 0) is 5.60 Å². The van der Waals surface area contributed by atoms with Gasteiger partial charge in [-0.2, -0.15) is 0 Å². The van der Waals surface area contributed by atoms with E-state index >= 15 is 0 Å². The van der Waals surface area contributed by atoms with Crippen LogP contribution in [0.15, 0.2) is 53.0 Å². The Morgan fingerprint density at radius 2 is 1.79 bits per heavy atom. The third kappa shape index (κ3) is 2.81. The molecule has 0 saturated heterocycles. The highest BCUT2D eigenvalue weighted by molar-refractivity contribution is 9.10. The Kier molecular flexibility index (Phi) is 4.24. The van der Waals surface area contributed by atoms with E-state index in [1.54, 1.807) is 13.2 Å². The van der Waals surface area contributed by atoms with Crippen LogP contribution >= 0.6 is 15.9 Å². The van der Waals surface area contributed by atoms with Gasteiger partial charge in [0, 0.05) is 11.0 Å². The Balaban J connectivity index is 2.52. The maximum Gasteiger partial charge on any atom is 0.127 e. The minimum atomic E-state index is -1.22. The first-order chi connectivity index (χ1) is 9.10. The summed E-state index contributed by atoms with van der Waals surface area (Å²) < 4.78 is 6.10. The summed E-state index contributed by atoms with van der Waals surface area (Å²) in [4.78, 5) is 0. The summed E-state index contributed by atoms with van der Waals surface area (Å²) in [5.41, 5.74) is 6.05.